The van der Waals surface area contributed by atoms with E-state index in [1.165, 1.54) is 16.3 Å². The van der Waals surface area contributed by atoms with Crippen LogP contribution < -0.4 is 5.56 Å². The predicted octanol–water partition coefficient (Wildman–Crippen LogP) is 2.02. The molecule has 0 aliphatic heterocycles. The molecule has 0 N–H and O–H groups in total. The third kappa shape index (κ3) is 2.66. The Bertz CT molecular complexity index is 873. The molecule has 0 fully saturated rings. The summed E-state index contributed by atoms with van der Waals surface area (Å²) >= 11 is 7.36. The van der Waals surface area contributed by atoms with Crippen LogP contribution in [0, 0.1) is 6.92 Å². The van der Waals surface area contributed by atoms with Crippen LogP contribution in [0.2, 0.25) is 5.02 Å². The van der Waals surface area contributed by atoms with E-state index in [2.05, 4.69) is 15.1 Å². The summed E-state index contributed by atoms with van der Waals surface area (Å²) in [5.41, 5.74) is 1.56. The molecule has 21 heavy (non-hydrogen) atoms. The Labute approximate surface area is 129 Å². The van der Waals surface area contributed by atoms with Crippen LogP contribution in [0.1, 0.15) is 11.3 Å². The van der Waals surface area contributed by atoms with Gasteiger partial charge in [0.25, 0.3) is 5.56 Å². The second kappa shape index (κ2) is 5.50. The van der Waals surface area contributed by atoms with E-state index < -0.39 is 0 Å². The fraction of sp³-hybridized carbons (Fsp3) is 0.231. The van der Waals surface area contributed by atoms with Crippen LogP contribution in [-0.2, 0) is 6.54 Å². The topological polar surface area (TPSA) is 65.1 Å². The number of fused-ring (bicyclic) bond motifs is 1. The summed E-state index contributed by atoms with van der Waals surface area (Å²) < 4.78 is 3.23. The Balaban J connectivity index is 2.17. The number of rotatable bonds is 3. The Hall–Kier alpha value is -1.86. The highest BCUT2D eigenvalue weighted by molar-refractivity contribution is 7.98. The summed E-state index contributed by atoms with van der Waals surface area (Å²) in [6, 6.07) is 3.39. The van der Waals surface area contributed by atoms with Crippen molar-refractivity contribution >= 4 is 29.1 Å². The minimum Gasteiger partial charge on any atom is -0.310 e. The third-order valence-electron chi connectivity index (χ3n) is 3.06. The second-order valence-electron chi connectivity index (χ2n) is 4.53. The molecular weight excluding hydrogens is 310 g/mol. The molecule has 0 aromatic carbocycles. The number of aromatic nitrogens is 5. The lowest BCUT2D eigenvalue weighted by Gasteiger charge is -2.11. The van der Waals surface area contributed by atoms with Gasteiger partial charge in [0, 0.05) is 24.2 Å². The first-order chi connectivity index (χ1) is 10.1. The highest BCUT2D eigenvalue weighted by Crippen LogP contribution is 2.14. The van der Waals surface area contributed by atoms with Gasteiger partial charge in [0.1, 0.15) is 0 Å². The molecule has 108 valence electrons. The molecule has 3 aromatic heterocycles. The van der Waals surface area contributed by atoms with Crippen molar-refractivity contribution in [2.45, 2.75) is 18.6 Å². The van der Waals surface area contributed by atoms with Crippen molar-refractivity contribution < 1.29 is 0 Å². The average Bonchev–Trinajstić information content (AvgIpc) is 2.88. The smallest absolute Gasteiger partial charge is 0.275 e. The van der Waals surface area contributed by atoms with Gasteiger partial charge in [-0.15, -0.1) is 5.10 Å². The van der Waals surface area contributed by atoms with Gasteiger partial charge in [-0.05, 0) is 24.8 Å². The Kier molecular flexibility index (Phi) is 3.69. The van der Waals surface area contributed by atoms with Crippen LogP contribution in [0.4, 0.5) is 0 Å². The third-order valence-corrected chi connectivity index (χ3v) is 3.81. The van der Waals surface area contributed by atoms with E-state index in [9.17, 15) is 4.79 Å². The maximum atomic E-state index is 12.0. The molecule has 0 unspecified atom stereocenters. The van der Waals surface area contributed by atoms with E-state index in [4.69, 9.17) is 11.6 Å². The Morgan fingerprint density at radius 1 is 1.33 bits per heavy atom. The van der Waals surface area contributed by atoms with E-state index in [-0.39, 0.29) is 5.56 Å². The highest BCUT2D eigenvalue weighted by atomic mass is 35.5. The van der Waals surface area contributed by atoms with Gasteiger partial charge >= 0.3 is 0 Å². The molecule has 0 aliphatic carbocycles. The number of thioether (sulfide) groups is 1. The lowest BCUT2D eigenvalue weighted by atomic mass is 10.2. The van der Waals surface area contributed by atoms with Crippen molar-refractivity contribution in [3.63, 3.8) is 0 Å². The van der Waals surface area contributed by atoms with Gasteiger partial charge in [-0.1, -0.05) is 23.4 Å². The molecule has 0 spiro atoms. The van der Waals surface area contributed by atoms with Crippen molar-refractivity contribution in [1.29, 1.82) is 0 Å². The zero-order valence-electron chi connectivity index (χ0n) is 11.4. The molecule has 6 nitrogen and oxygen atoms in total. The molecule has 3 aromatic rings. The van der Waals surface area contributed by atoms with Crippen molar-refractivity contribution in [2.24, 2.45) is 0 Å². The van der Waals surface area contributed by atoms with E-state index in [0.29, 0.717) is 22.5 Å². The van der Waals surface area contributed by atoms with Gasteiger partial charge in [0.2, 0.25) is 10.9 Å². The molecule has 0 saturated heterocycles. The number of aryl methyl sites for hydroxylation is 1. The molecule has 0 atom stereocenters. The van der Waals surface area contributed by atoms with Gasteiger partial charge in [0.15, 0.2) is 0 Å². The lowest BCUT2D eigenvalue weighted by molar-refractivity contribution is 0.727. The standard InChI is InChI=1S/C13H12ClN5OS/c1-8-3-11(20)19-13(16-12(17-19)21-2)18(8)7-9-4-10(14)6-15-5-9/h3-6H,7H2,1-2H3. The minimum absolute atomic E-state index is 0.184. The predicted molar refractivity (Wildman–Crippen MR) is 82.1 cm³/mol. The van der Waals surface area contributed by atoms with Crippen molar-refractivity contribution in [3.8, 4) is 0 Å². The number of pyridine rings is 1. The first-order valence-electron chi connectivity index (χ1n) is 6.19. The fourth-order valence-electron chi connectivity index (χ4n) is 2.09. The molecule has 3 rings (SSSR count). The van der Waals surface area contributed by atoms with Crippen molar-refractivity contribution in [1.82, 2.24) is 24.1 Å². The van der Waals surface area contributed by atoms with Gasteiger partial charge < -0.3 is 4.57 Å². The summed E-state index contributed by atoms with van der Waals surface area (Å²) in [6.07, 6.45) is 5.20. The maximum Gasteiger partial charge on any atom is 0.275 e. The SMILES string of the molecule is CSc1nc2n(Cc3cncc(Cl)c3)c(C)cc(=O)n2n1. The first-order valence-corrected chi connectivity index (χ1v) is 7.79. The van der Waals surface area contributed by atoms with Crippen molar-refractivity contribution in [2.75, 3.05) is 6.26 Å². The zero-order chi connectivity index (χ0) is 15.0. The molecular formula is C13H12ClN5OS. The highest BCUT2D eigenvalue weighted by Gasteiger charge is 2.12. The summed E-state index contributed by atoms with van der Waals surface area (Å²) in [5, 5.41) is 5.33. The second-order valence-corrected chi connectivity index (χ2v) is 5.74. The van der Waals surface area contributed by atoms with Crippen LogP contribution in [0.15, 0.2) is 34.5 Å². The summed E-state index contributed by atoms with van der Waals surface area (Å²) in [6.45, 7) is 2.39. The number of halogens is 1. The molecule has 0 saturated carbocycles. The van der Waals surface area contributed by atoms with E-state index in [1.54, 1.807) is 18.5 Å². The molecule has 0 aliphatic rings. The molecule has 0 radical (unpaired) electrons. The van der Waals surface area contributed by atoms with E-state index in [0.717, 1.165) is 11.3 Å². The molecule has 0 amide bonds. The zero-order valence-corrected chi connectivity index (χ0v) is 13.0. The van der Waals surface area contributed by atoms with Crippen LogP contribution >= 0.6 is 23.4 Å². The fourth-order valence-corrected chi connectivity index (χ4v) is 2.62. The summed E-state index contributed by atoms with van der Waals surface area (Å²) in [7, 11) is 0. The number of nitrogens with zero attached hydrogens (tertiary/aromatic N) is 5. The van der Waals surface area contributed by atoms with Crippen LogP contribution in [0.5, 0.6) is 0 Å². The van der Waals surface area contributed by atoms with Gasteiger partial charge in [-0.2, -0.15) is 9.50 Å². The van der Waals surface area contributed by atoms with Crippen molar-refractivity contribution in [3.05, 3.63) is 51.2 Å². The normalized spacial score (nSPS) is 11.2. The van der Waals surface area contributed by atoms with Gasteiger partial charge in [-0.3, -0.25) is 9.78 Å². The quantitative estimate of drug-likeness (QED) is 0.690. The lowest BCUT2D eigenvalue weighted by Crippen LogP contribution is -2.20. The first kappa shape index (κ1) is 14.1. The monoisotopic (exact) mass is 321 g/mol. The molecule has 3 heterocycles. The summed E-state index contributed by atoms with van der Waals surface area (Å²) in [4.78, 5) is 20.5. The average molecular weight is 322 g/mol. The minimum atomic E-state index is -0.184. The molecule has 0 bridgehead atoms. The molecule has 8 heteroatoms. The van der Waals surface area contributed by atoms with Crippen LogP contribution in [0.25, 0.3) is 5.78 Å². The number of hydrogen-bond donors (Lipinski definition) is 0. The Morgan fingerprint density at radius 3 is 2.86 bits per heavy atom. The van der Waals surface area contributed by atoms with Crippen LogP contribution in [-0.4, -0.2) is 30.4 Å². The van der Waals surface area contributed by atoms with Gasteiger partial charge in [0.05, 0.1) is 11.6 Å². The Morgan fingerprint density at radius 2 is 2.14 bits per heavy atom. The number of hydrogen-bond acceptors (Lipinski definition) is 5. The largest absolute Gasteiger partial charge is 0.310 e. The van der Waals surface area contributed by atoms with Gasteiger partial charge in [-0.25, -0.2) is 0 Å². The van der Waals surface area contributed by atoms with Crippen LogP contribution in [0.3, 0.4) is 0 Å². The van der Waals surface area contributed by atoms with E-state index >= 15 is 0 Å². The maximum absolute atomic E-state index is 12.0. The summed E-state index contributed by atoms with van der Waals surface area (Å²) in [5.74, 6) is 0.518. The van der Waals surface area contributed by atoms with E-state index in [1.807, 2.05) is 23.8 Å².